The van der Waals surface area contributed by atoms with Crippen LogP contribution in [0.2, 0.25) is 0 Å². The highest BCUT2D eigenvalue weighted by Crippen LogP contribution is 2.43. The number of hydrogen-bond acceptors (Lipinski definition) is 9. The summed E-state index contributed by atoms with van der Waals surface area (Å²) in [5.41, 5.74) is 7.72. The molecule has 252 valence electrons. The molecule has 1 aromatic carbocycles. The molecule has 0 bridgehead atoms. The Kier molecular flexibility index (Phi) is 12.2. The number of aliphatic hydroxyl groups excluding tert-OH is 1. The van der Waals surface area contributed by atoms with Crippen LogP contribution < -0.4 is 16.4 Å². The van der Waals surface area contributed by atoms with Crippen molar-refractivity contribution >= 4 is 23.5 Å². The van der Waals surface area contributed by atoms with Crippen molar-refractivity contribution in [3.63, 3.8) is 0 Å². The van der Waals surface area contributed by atoms with Crippen LogP contribution in [0.4, 0.5) is 5.69 Å². The first-order valence-corrected chi connectivity index (χ1v) is 16.1. The smallest absolute Gasteiger partial charge is 0.303 e. The summed E-state index contributed by atoms with van der Waals surface area (Å²) >= 11 is 0. The first kappa shape index (κ1) is 35.3. The largest absolute Gasteiger partial charge is 0.459 e. The quantitative estimate of drug-likeness (QED) is 0.0885. The maximum atomic E-state index is 12.7. The van der Waals surface area contributed by atoms with Crippen LogP contribution in [0.1, 0.15) is 65.9 Å². The van der Waals surface area contributed by atoms with Gasteiger partial charge in [-0.3, -0.25) is 14.4 Å². The van der Waals surface area contributed by atoms with Crippen molar-refractivity contribution in [2.75, 3.05) is 12.3 Å². The van der Waals surface area contributed by atoms with Gasteiger partial charge < -0.3 is 40.4 Å². The van der Waals surface area contributed by atoms with E-state index in [1.165, 1.54) is 13.0 Å². The molecule has 0 aliphatic carbocycles. The second-order valence-electron chi connectivity index (χ2n) is 12.9. The van der Waals surface area contributed by atoms with E-state index in [4.69, 9.17) is 24.7 Å². The Balaban J connectivity index is 1.25. The summed E-state index contributed by atoms with van der Waals surface area (Å²) in [6.07, 6.45) is 8.41. The number of ether oxygens (including phenoxy) is 4. The minimum atomic E-state index is -0.822. The highest BCUT2D eigenvalue weighted by molar-refractivity contribution is 5.87. The van der Waals surface area contributed by atoms with Crippen LogP contribution in [0.25, 0.3) is 0 Å². The number of nitrogen functional groups attached to an aromatic ring is 1. The lowest BCUT2D eigenvalue weighted by Gasteiger charge is -2.39. The number of benzene rings is 1. The lowest BCUT2D eigenvalue weighted by Crippen LogP contribution is -2.50. The van der Waals surface area contributed by atoms with Gasteiger partial charge in [0.1, 0.15) is 23.9 Å². The number of carbonyl (C=O) groups is 3. The third-order valence-corrected chi connectivity index (χ3v) is 8.78. The Hall–Kier alpha value is -3.51. The molecule has 3 heterocycles. The van der Waals surface area contributed by atoms with Crippen LogP contribution >= 0.6 is 0 Å². The molecule has 0 saturated carbocycles. The van der Waals surface area contributed by atoms with Crippen LogP contribution in [0.3, 0.4) is 0 Å². The summed E-state index contributed by atoms with van der Waals surface area (Å²) in [7, 11) is 0. The number of nitrogens with two attached hydrogens (primary N) is 1. The minimum Gasteiger partial charge on any atom is -0.459 e. The molecule has 5 N–H and O–H groups in total. The molecule has 3 aliphatic rings. The zero-order valence-corrected chi connectivity index (χ0v) is 27.4. The maximum absolute atomic E-state index is 12.7. The summed E-state index contributed by atoms with van der Waals surface area (Å²) in [4.78, 5) is 36.2. The molecule has 4 rings (SSSR count). The van der Waals surface area contributed by atoms with Crippen LogP contribution in [0.5, 0.6) is 0 Å². The van der Waals surface area contributed by atoms with Crippen molar-refractivity contribution in [1.29, 1.82) is 0 Å². The van der Waals surface area contributed by atoms with Crippen molar-refractivity contribution in [2.24, 2.45) is 5.92 Å². The van der Waals surface area contributed by atoms with Crippen molar-refractivity contribution < 1.29 is 38.4 Å². The second kappa shape index (κ2) is 15.9. The van der Waals surface area contributed by atoms with Gasteiger partial charge in [-0.05, 0) is 63.3 Å². The molecule has 11 heteroatoms. The third kappa shape index (κ3) is 10.2. The number of amides is 2. The Morgan fingerprint density at radius 2 is 1.96 bits per heavy atom. The van der Waals surface area contributed by atoms with Crippen LogP contribution in [0, 0.1) is 5.92 Å². The fourth-order valence-corrected chi connectivity index (χ4v) is 6.07. The van der Waals surface area contributed by atoms with E-state index in [2.05, 4.69) is 23.6 Å². The van der Waals surface area contributed by atoms with Crippen LogP contribution in [-0.4, -0.2) is 77.8 Å². The first-order chi connectivity index (χ1) is 21.8. The summed E-state index contributed by atoms with van der Waals surface area (Å²) in [6.45, 7) is 9.90. The van der Waals surface area contributed by atoms with Crippen LogP contribution in [-0.2, 0) is 39.9 Å². The normalized spacial score (nSPS) is 32.0. The number of carbonyl (C=O) groups excluding carboxylic acids is 3. The molecule has 3 fully saturated rings. The van der Waals surface area contributed by atoms with E-state index >= 15 is 0 Å². The van der Waals surface area contributed by atoms with E-state index in [1.807, 2.05) is 44.2 Å². The number of rotatable bonds is 12. The SMILES string of the molecule is CC(=O)O[C@@H](C)/C=C\C(=O)N[C@@H]1C[C@H](C)[C@H](C/C=C(C)/C=C/[C@H]2O[C@H](CC(=O)NCc3cccc(N)c3)C[C@@]3(CO3)[C@@H]2O)O[C@@H]1C. The number of nitrogens with one attached hydrogen (secondary N) is 2. The molecule has 1 aromatic rings. The summed E-state index contributed by atoms with van der Waals surface area (Å²) in [6, 6.07) is 7.25. The van der Waals surface area contributed by atoms with Crippen molar-refractivity contribution in [1.82, 2.24) is 10.6 Å². The molecule has 3 aliphatic heterocycles. The predicted molar refractivity (Wildman–Crippen MR) is 173 cm³/mol. The van der Waals surface area contributed by atoms with Gasteiger partial charge in [-0.15, -0.1) is 0 Å². The molecular weight excluding hydrogens is 590 g/mol. The van der Waals surface area contributed by atoms with E-state index in [1.54, 1.807) is 19.1 Å². The highest BCUT2D eigenvalue weighted by Gasteiger charge is 2.58. The lowest BCUT2D eigenvalue weighted by atomic mass is 9.87. The molecule has 46 heavy (non-hydrogen) atoms. The van der Waals surface area contributed by atoms with Gasteiger partial charge in [0, 0.05) is 31.7 Å². The third-order valence-electron chi connectivity index (χ3n) is 8.78. The maximum Gasteiger partial charge on any atom is 0.303 e. The number of epoxide rings is 1. The Morgan fingerprint density at radius 1 is 1.20 bits per heavy atom. The molecule has 3 saturated heterocycles. The van der Waals surface area contributed by atoms with Crippen LogP contribution in [0.15, 0.2) is 60.2 Å². The van der Waals surface area contributed by atoms with Crippen molar-refractivity contribution in [3.8, 4) is 0 Å². The van der Waals surface area contributed by atoms with Crippen molar-refractivity contribution in [3.05, 3.63) is 65.8 Å². The molecule has 0 radical (unpaired) electrons. The zero-order chi connectivity index (χ0) is 33.4. The van der Waals surface area contributed by atoms with Gasteiger partial charge >= 0.3 is 5.97 Å². The lowest BCUT2D eigenvalue weighted by molar-refractivity contribution is -0.145. The molecular formula is C35H49N3O8. The minimum absolute atomic E-state index is 0.0130. The molecule has 9 atom stereocenters. The predicted octanol–water partition coefficient (Wildman–Crippen LogP) is 3.26. The van der Waals surface area contributed by atoms with Gasteiger partial charge in [0.05, 0.1) is 37.4 Å². The van der Waals surface area contributed by atoms with Gasteiger partial charge in [0.2, 0.25) is 11.8 Å². The van der Waals surface area contributed by atoms with Gasteiger partial charge in [-0.2, -0.15) is 0 Å². The Bertz CT molecular complexity index is 1320. The fourth-order valence-electron chi connectivity index (χ4n) is 6.07. The first-order valence-electron chi connectivity index (χ1n) is 16.1. The van der Waals surface area contributed by atoms with E-state index in [9.17, 15) is 19.5 Å². The average molecular weight is 640 g/mol. The topological polar surface area (TPSA) is 162 Å². The van der Waals surface area contributed by atoms with E-state index in [0.29, 0.717) is 31.7 Å². The Labute approximate surface area is 271 Å². The molecule has 1 spiro atoms. The van der Waals surface area contributed by atoms with E-state index < -0.39 is 29.9 Å². The number of anilines is 1. The monoisotopic (exact) mass is 639 g/mol. The van der Waals surface area contributed by atoms with Crippen molar-refractivity contribution in [2.45, 2.75) is 115 Å². The fraction of sp³-hybridized carbons (Fsp3) is 0.571. The number of hydrogen-bond donors (Lipinski definition) is 4. The van der Waals surface area contributed by atoms with Gasteiger partial charge in [0.15, 0.2) is 0 Å². The highest BCUT2D eigenvalue weighted by atomic mass is 16.6. The number of aliphatic hydroxyl groups is 1. The second-order valence-corrected chi connectivity index (χ2v) is 12.9. The number of allylic oxidation sites excluding steroid dienone is 2. The van der Waals surface area contributed by atoms with Gasteiger partial charge in [0.25, 0.3) is 0 Å². The molecule has 0 aromatic heterocycles. The standard InChI is InChI=1S/C35H49N3O8/c1-21(9-12-30-22(2)15-29(24(4)45-30)38-32(40)14-11-23(3)44-25(5)39)10-13-31-34(42)35(20-43-35)18-28(46-31)17-33(41)37-19-26-7-6-8-27(36)16-26/h6-11,13-14,16,22-24,28-31,34,42H,12,15,17-20,36H2,1-5H3,(H,37,41)(H,38,40)/b13-10+,14-11-,21-9+/t22-,23-,24+,28+,29+,30-,31+,34+,35+/m0/s1. The molecule has 0 unspecified atom stereocenters. The van der Waals surface area contributed by atoms with E-state index in [0.717, 1.165) is 17.6 Å². The number of esters is 1. The average Bonchev–Trinajstić information content (AvgIpc) is 3.76. The van der Waals surface area contributed by atoms with Gasteiger partial charge in [-0.25, -0.2) is 0 Å². The zero-order valence-electron chi connectivity index (χ0n) is 27.4. The molecule has 11 nitrogen and oxygen atoms in total. The molecule has 2 amide bonds. The summed E-state index contributed by atoms with van der Waals surface area (Å²) in [5.74, 6) is -0.580. The summed E-state index contributed by atoms with van der Waals surface area (Å²) < 4.78 is 23.2. The summed E-state index contributed by atoms with van der Waals surface area (Å²) in [5, 5.41) is 16.9. The van der Waals surface area contributed by atoms with E-state index in [-0.39, 0.29) is 48.5 Å². The van der Waals surface area contributed by atoms with Gasteiger partial charge in [-0.1, -0.05) is 42.9 Å². The Morgan fingerprint density at radius 3 is 2.65 bits per heavy atom.